The van der Waals surface area contributed by atoms with E-state index < -0.39 is 12.2 Å². The molecule has 2 heteroatoms. The molecule has 0 radical (unpaired) electrons. The number of aryl methyl sites for hydroxylation is 2. The van der Waals surface area contributed by atoms with E-state index in [0.29, 0.717) is 0 Å². The zero-order chi connectivity index (χ0) is 17.1. The zero-order valence-electron chi connectivity index (χ0n) is 14.0. The van der Waals surface area contributed by atoms with Crippen LogP contribution in [0.1, 0.15) is 45.6 Å². The van der Waals surface area contributed by atoms with E-state index in [1.54, 1.807) is 0 Å². The molecule has 2 unspecified atom stereocenters. The lowest BCUT2D eigenvalue weighted by atomic mass is 9.93. The summed E-state index contributed by atoms with van der Waals surface area (Å²) in [6.45, 7) is 3.98. The van der Waals surface area contributed by atoms with Crippen LogP contribution in [0.4, 0.5) is 0 Å². The van der Waals surface area contributed by atoms with Crippen molar-refractivity contribution in [1.29, 1.82) is 0 Å². The zero-order valence-corrected chi connectivity index (χ0v) is 14.0. The average molecular weight is 318 g/mol. The van der Waals surface area contributed by atoms with Crippen LogP contribution in [0.15, 0.2) is 72.8 Å². The second-order valence-corrected chi connectivity index (χ2v) is 6.19. The van der Waals surface area contributed by atoms with Crippen LogP contribution in [0.5, 0.6) is 0 Å². The molecule has 3 rings (SSSR count). The second-order valence-electron chi connectivity index (χ2n) is 6.19. The number of benzene rings is 3. The Kier molecular flexibility index (Phi) is 4.79. The standard InChI is InChI=1S/C22H22O2/c1-15-8-3-5-12-19(15)21(23)17-10-7-11-18(14-17)22(24)20-13-6-4-9-16(20)2/h3-14,21-24H,1-2H3. The van der Waals surface area contributed by atoms with E-state index in [2.05, 4.69) is 0 Å². The maximum atomic E-state index is 10.7. The molecule has 0 spiro atoms. The Labute approximate surface area is 143 Å². The fourth-order valence-corrected chi connectivity index (χ4v) is 3.05. The number of hydrogen-bond donors (Lipinski definition) is 2. The van der Waals surface area contributed by atoms with Gasteiger partial charge in [-0.2, -0.15) is 0 Å². The fourth-order valence-electron chi connectivity index (χ4n) is 3.05. The Balaban J connectivity index is 1.95. The Bertz CT molecular complexity index is 772. The maximum absolute atomic E-state index is 10.7. The molecule has 2 atom stereocenters. The van der Waals surface area contributed by atoms with Gasteiger partial charge in [-0.15, -0.1) is 0 Å². The molecule has 0 aliphatic rings. The number of aliphatic hydroxyl groups excluding tert-OH is 2. The lowest BCUT2D eigenvalue weighted by Gasteiger charge is -2.18. The first kappa shape index (κ1) is 16.4. The van der Waals surface area contributed by atoms with Gasteiger partial charge in [0, 0.05) is 0 Å². The van der Waals surface area contributed by atoms with Gasteiger partial charge in [0.1, 0.15) is 12.2 Å². The predicted molar refractivity (Wildman–Crippen MR) is 96.9 cm³/mol. The van der Waals surface area contributed by atoms with Gasteiger partial charge in [0.05, 0.1) is 0 Å². The maximum Gasteiger partial charge on any atom is 0.104 e. The van der Waals surface area contributed by atoms with E-state index in [9.17, 15) is 10.2 Å². The summed E-state index contributed by atoms with van der Waals surface area (Å²) in [5, 5.41) is 21.4. The van der Waals surface area contributed by atoms with Gasteiger partial charge in [-0.3, -0.25) is 0 Å². The highest BCUT2D eigenvalue weighted by Gasteiger charge is 2.16. The summed E-state index contributed by atoms with van der Waals surface area (Å²) >= 11 is 0. The molecule has 0 heterocycles. The van der Waals surface area contributed by atoms with Gasteiger partial charge in [-0.05, 0) is 53.3 Å². The summed E-state index contributed by atoms with van der Waals surface area (Å²) in [5.74, 6) is 0. The first-order valence-electron chi connectivity index (χ1n) is 8.15. The molecular formula is C22H22O2. The number of rotatable bonds is 4. The fraction of sp³-hybridized carbons (Fsp3) is 0.182. The molecule has 0 aromatic heterocycles. The van der Waals surface area contributed by atoms with Crippen LogP contribution in [0.2, 0.25) is 0 Å². The molecule has 122 valence electrons. The van der Waals surface area contributed by atoms with Crippen molar-refractivity contribution < 1.29 is 10.2 Å². The highest BCUT2D eigenvalue weighted by Crippen LogP contribution is 2.29. The molecule has 0 bridgehead atoms. The van der Waals surface area contributed by atoms with E-state index in [-0.39, 0.29) is 0 Å². The van der Waals surface area contributed by atoms with Gasteiger partial charge >= 0.3 is 0 Å². The molecular weight excluding hydrogens is 296 g/mol. The molecule has 0 saturated heterocycles. The lowest BCUT2D eigenvalue weighted by molar-refractivity contribution is 0.213. The van der Waals surface area contributed by atoms with Crippen molar-refractivity contribution in [3.8, 4) is 0 Å². The van der Waals surface area contributed by atoms with Crippen LogP contribution >= 0.6 is 0 Å². The Hall–Kier alpha value is -2.42. The summed E-state index contributed by atoms with van der Waals surface area (Å²) in [6, 6.07) is 23.2. The van der Waals surface area contributed by atoms with Gasteiger partial charge < -0.3 is 10.2 Å². The van der Waals surface area contributed by atoms with Crippen LogP contribution in [0.3, 0.4) is 0 Å². The van der Waals surface area contributed by atoms with Gasteiger partial charge in [-0.25, -0.2) is 0 Å². The third-order valence-electron chi connectivity index (χ3n) is 4.51. The Morgan fingerprint density at radius 2 is 1.00 bits per heavy atom. The van der Waals surface area contributed by atoms with Crippen molar-refractivity contribution in [1.82, 2.24) is 0 Å². The van der Waals surface area contributed by atoms with E-state index in [0.717, 1.165) is 33.4 Å². The topological polar surface area (TPSA) is 40.5 Å². The highest BCUT2D eigenvalue weighted by atomic mass is 16.3. The quantitative estimate of drug-likeness (QED) is 0.745. The predicted octanol–water partition coefficient (Wildman–Crippen LogP) is 4.47. The molecule has 3 aromatic rings. The summed E-state index contributed by atoms with van der Waals surface area (Å²) < 4.78 is 0. The van der Waals surface area contributed by atoms with Gasteiger partial charge in [-0.1, -0.05) is 66.7 Å². The monoisotopic (exact) mass is 318 g/mol. The van der Waals surface area contributed by atoms with Crippen molar-refractivity contribution in [3.05, 3.63) is 106 Å². The number of aliphatic hydroxyl groups is 2. The van der Waals surface area contributed by atoms with E-state index >= 15 is 0 Å². The molecule has 0 aliphatic carbocycles. The summed E-state index contributed by atoms with van der Waals surface area (Å²) in [6.07, 6.45) is -1.40. The largest absolute Gasteiger partial charge is 0.384 e. The van der Waals surface area contributed by atoms with Gasteiger partial charge in [0.2, 0.25) is 0 Å². The minimum atomic E-state index is -0.699. The van der Waals surface area contributed by atoms with E-state index in [1.165, 1.54) is 0 Å². The average Bonchev–Trinajstić information content (AvgIpc) is 2.61. The smallest absolute Gasteiger partial charge is 0.104 e. The SMILES string of the molecule is Cc1ccccc1C(O)c1cccc(C(O)c2ccccc2C)c1. The first-order chi connectivity index (χ1) is 11.6. The Morgan fingerprint density at radius 1 is 0.583 bits per heavy atom. The van der Waals surface area contributed by atoms with E-state index in [4.69, 9.17) is 0 Å². The molecule has 2 nitrogen and oxygen atoms in total. The lowest BCUT2D eigenvalue weighted by Crippen LogP contribution is -2.06. The van der Waals surface area contributed by atoms with Crippen LogP contribution in [0, 0.1) is 13.8 Å². The van der Waals surface area contributed by atoms with Gasteiger partial charge in [0.15, 0.2) is 0 Å². The third kappa shape index (κ3) is 3.25. The second kappa shape index (κ2) is 7.00. The molecule has 3 aromatic carbocycles. The van der Waals surface area contributed by atoms with Crippen molar-refractivity contribution >= 4 is 0 Å². The Morgan fingerprint density at radius 3 is 1.42 bits per heavy atom. The number of hydrogen-bond acceptors (Lipinski definition) is 2. The van der Waals surface area contributed by atoms with Gasteiger partial charge in [0.25, 0.3) is 0 Å². The first-order valence-corrected chi connectivity index (χ1v) is 8.15. The summed E-state index contributed by atoms with van der Waals surface area (Å²) in [5.41, 5.74) is 5.45. The molecule has 0 fully saturated rings. The van der Waals surface area contributed by atoms with Crippen molar-refractivity contribution in [2.75, 3.05) is 0 Å². The van der Waals surface area contributed by atoms with Crippen LogP contribution < -0.4 is 0 Å². The van der Waals surface area contributed by atoms with Crippen molar-refractivity contribution in [3.63, 3.8) is 0 Å². The van der Waals surface area contributed by atoms with Crippen molar-refractivity contribution in [2.45, 2.75) is 26.1 Å². The molecule has 24 heavy (non-hydrogen) atoms. The minimum absolute atomic E-state index is 0.699. The van der Waals surface area contributed by atoms with Crippen LogP contribution in [0.25, 0.3) is 0 Å². The summed E-state index contributed by atoms with van der Waals surface area (Å²) in [7, 11) is 0. The molecule has 2 N–H and O–H groups in total. The summed E-state index contributed by atoms with van der Waals surface area (Å²) in [4.78, 5) is 0. The highest BCUT2D eigenvalue weighted by molar-refractivity contribution is 5.40. The van der Waals surface area contributed by atoms with Crippen molar-refractivity contribution in [2.24, 2.45) is 0 Å². The molecule has 0 amide bonds. The van der Waals surface area contributed by atoms with Crippen LogP contribution in [-0.2, 0) is 0 Å². The van der Waals surface area contributed by atoms with E-state index in [1.807, 2.05) is 86.6 Å². The molecule has 0 aliphatic heterocycles. The minimum Gasteiger partial charge on any atom is -0.384 e. The third-order valence-corrected chi connectivity index (χ3v) is 4.51. The normalized spacial score (nSPS) is 13.5. The van der Waals surface area contributed by atoms with Crippen LogP contribution in [-0.4, -0.2) is 10.2 Å². The molecule has 0 saturated carbocycles.